The van der Waals surface area contributed by atoms with E-state index in [1.165, 1.54) is 0 Å². The van der Waals surface area contributed by atoms with Gasteiger partial charge in [0.15, 0.2) is 0 Å². The van der Waals surface area contributed by atoms with Crippen molar-refractivity contribution < 1.29 is 9.84 Å². The highest BCUT2D eigenvalue weighted by atomic mass is 35.5. The predicted molar refractivity (Wildman–Crippen MR) is 60.5 cm³/mol. The van der Waals surface area contributed by atoms with E-state index in [2.05, 4.69) is 6.92 Å². The number of aliphatic hydroxyl groups excluding tert-OH is 1. The van der Waals surface area contributed by atoms with Crippen LogP contribution >= 0.6 is 11.6 Å². The molecule has 0 bridgehead atoms. The lowest BCUT2D eigenvalue weighted by atomic mass is 9.99. The lowest BCUT2D eigenvalue weighted by molar-refractivity contribution is 0.0615. The first kappa shape index (κ1) is 10.8. The lowest BCUT2D eigenvalue weighted by Gasteiger charge is -2.13. The van der Waals surface area contributed by atoms with Crippen LogP contribution in [0.2, 0.25) is 5.02 Å². The molecule has 3 heteroatoms. The van der Waals surface area contributed by atoms with E-state index in [0.717, 1.165) is 24.0 Å². The van der Waals surface area contributed by atoms with Crippen LogP contribution in [0.4, 0.5) is 0 Å². The van der Waals surface area contributed by atoms with E-state index in [1.54, 1.807) is 0 Å². The molecule has 0 spiro atoms. The first-order chi connectivity index (χ1) is 7.15. The molecule has 0 aromatic heterocycles. The number of fused-ring (bicyclic) bond motifs is 1. The van der Waals surface area contributed by atoms with Gasteiger partial charge in [0.25, 0.3) is 0 Å². The number of rotatable bonds is 2. The van der Waals surface area contributed by atoms with E-state index in [4.69, 9.17) is 16.3 Å². The minimum absolute atomic E-state index is 0.136. The van der Waals surface area contributed by atoms with Crippen molar-refractivity contribution in [3.8, 4) is 5.75 Å². The molecule has 2 nitrogen and oxygen atoms in total. The van der Waals surface area contributed by atoms with Gasteiger partial charge >= 0.3 is 0 Å². The number of benzene rings is 1. The third-order valence-corrected chi connectivity index (χ3v) is 3.15. The van der Waals surface area contributed by atoms with Crippen molar-refractivity contribution in [3.05, 3.63) is 28.3 Å². The van der Waals surface area contributed by atoms with Gasteiger partial charge < -0.3 is 9.84 Å². The van der Waals surface area contributed by atoms with Crippen LogP contribution in [0, 0.1) is 6.92 Å². The van der Waals surface area contributed by atoms with E-state index in [-0.39, 0.29) is 6.10 Å². The van der Waals surface area contributed by atoms with E-state index in [9.17, 15) is 5.11 Å². The highest BCUT2D eigenvalue weighted by Crippen LogP contribution is 2.44. The van der Waals surface area contributed by atoms with Gasteiger partial charge in [-0.2, -0.15) is 0 Å². The fraction of sp³-hybridized carbons (Fsp3) is 0.500. The Morgan fingerprint density at radius 2 is 2.20 bits per heavy atom. The summed E-state index contributed by atoms with van der Waals surface area (Å²) in [6.45, 7) is 4.05. The van der Waals surface area contributed by atoms with Gasteiger partial charge in [-0.3, -0.25) is 0 Å². The Kier molecular flexibility index (Phi) is 2.89. The third kappa shape index (κ3) is 1.72. The van der Waals surface area contributed by atoms with E-state index in [1.807, 2.05) is 19.1 Å². The van der Waals surface area contributed by atoms with Gasteiger partial charge in [0.05, 0.1) is 5.02 Å². The molecule has 1 aromatic carbocycles. The predicted octanol–water partition coefficient (Wildman–Crippen LogP) is 3.24. The van der Waals surface area contributed by atoms with Crippen LogP contribution in [0.5, 0.6) is 5.75 Å². The van der Waals surface area contributed by atoms with Crippen molar-refractivity contribution in [1.29, 1.82) is 0 Å². The summed E-state index contributed by atoms with van der Waals surface area (Å²) < 4.78 is 5.69. The second-order valence-electron chi connectivity index (χ2n) is 4.00. The summed E-state index contributed by atoms with van der Waals surface area (Å²) in [6, 6.07) is 3.73. The monoisotopic (exact) mass is 226 g/mol. The summed E-state index contributed by atoms with van der Waals surface area (Å²) in [5.74, 6) is 0.669. The molecule has 0 radical (unpaired) electrons. The van der Waals surface area contributed by atoms with Crippen molar-refractivity contribution in [2.24, 2.45) is 0 Å². The quantitative estimate of drug-likeness (QED) is 0.839. The van der Waals surface area contributed by atoms with Gasteiger partial charge in [-0.15, -0.1) is 0 Å². The fourth-order valence-electron chi connectivity index (χ4n) is 2.06. The Balaban J connectivity index is 2.40. The van der Waals surface area contributed by atoms with Gasteiger partial charge in [0.1, 0.15) is 18.0 Å². The standard InChI is InChI=1S/C12H15ClO2/c1-3-4-9-11(14)10-7(2)5-6-8(13)12(10)15-9/h5-6,9,11,14H,3-4H2,1-2H3. The van der Waals surface area contributed by atoms with Gasteiger partial charge in [-0.1, -0.05) is 31.0 Å². The molecular weight excluding hydrogens is 212 g/mol. The minimum atomic E-state index is -0.529. The maximum absolute atomic E-state index is 10.1. The van der Waals surface area contributed by atoms with Crippen LogP contribution < -0.4 is 4.74 Å². The van der Waals surface area contributed by atoms with Gasteiger partial charge in [0, 0.05) is 5.56 Å². The molecule has 2 atom stereocenters. The zero-order valence-corrected chi connectivity index (χ0v) is 9.71. The molecule has 0 saturated carbocycles. The molecule has 1 heterocycles. The van der Waals surface area contributed by atoms with Crippen LogP contribution in [-0.4, -0.2) is 11.2 Å². The lowest BCUT2D eigenvalue weighted by Crippen LogP contribution is -2.18. The SMILES string of the molecule is CCCC1Oc2c(Cl)ccc(C)c2C1O. The Labute approximate surface area is 94.8 Å². The van der Waals surface area contributed by atoms with Gasteiger partial charge in [-0.25, -0.2) is 0 Å². The molecule has 0 saturated heterocycles. The smallest absolute Gasteiger partial charge is 0.144 e. The van der Waals surface area contributed by atoms with Crippen molar-refractivity contribution in [2.45, 2.75) is 38.9 Å². The van der Waals surface area contributed by atoms with Gasteiger partial charge in [0.2, 0.25) is 0 Å². The average molecular weight is 227 g/mol. The van der Waals surface area contributed by atoms with E-state index < -0.39 is 6.10 Å². The van der Waals surface area contributed by atoms with Gasteiger partial charge in [-0.05, 0) is 25.0 Å². The van der Waals surface area contributed by atoms with Crippen LogP contribution in [0.1, 0.15) is 37.0 Å². The minimum Gasteiger partial charge on any atom is -0.485 e. The number of aliphatic hydroxyl groups is 1. The number of aryl methyl sites for hydroxylation is 1. The second kappa shape index (κ2) is 4.03. The Hall–Kier alpha value is -0.730. The second-order valence-corrected chi connectivity index (χ2v) is 4.40. The molecule has 0 amide bonds. The first-order valence-electron chi connectivity index (χ1n) is 5.29. The molecule has 82 valence electrons. The Morgan fingerprint density at radius 3 is 2.80 bits per heavy atom. The molecule has 1 N–H and O–H groups in total. The summed E-state index contributed by atoms with van der Waals surface area (Å²) in [6.07, 6.45) is 1.18. The zero-order valence-electron chi connectivity index (χ0n) is 8.96. The summed E-state index contributed by atoms with van der Waals surface area (Å²) in [4.78, 5) is 0. The van der Waals surface area contributed by atoms with Crippen LogP contribution in [0.25, 0.3) is 0 Å². The van der Waals surface area contributed by atoms with Crippen LogP contribution in [-0.2, 0) is 0 Å². The number of ether oxygens (including phenoxy) is 1. The fourth-order valence-corrected chi connectivity index (χ4v) is 2.27. The average Bonchev–Trinajstić information content (AvgIpc) is 2.53. The zero-order chi connectivity index (χ0) is 11.0. The van der Waals surface area contributed by atoms with E-state index >= 15 is 0 Å². The first-order valence-corrected chi connectivity index (χ1v) is 5.66. The maximum atomic E-state index is 10.1. The third-order valence-electron chi connectivity index (χ3n) is 2.86. The highest BCUT2D eigenvalue weighted by Gasteiger charge is 2.34. The normalized spacial score (nSPS) is 23.7. The van der Waals surface area contributed by atoms with Crippen molar-refractivity contribution >= 4 is 11.6 Å². The molecule has 1 aromatic rings. The molecule has 0 aliphatic carbocycles. The number of hydrogen-bond donors (Lipinski definition) is 1. The molecule has 1 aliphatic rings. The largest absolute Gasteiger partial charge is 0.485 e. The number of hydrogen-bond acceptors (Lipinski definition) is 2. The molecule has 0 fully saturated rings. The highest BCUT2D eigenvalue weighted by molar-refractivity contribution is 6.32. The Morgan fingerprint density at radius 1 is 1.47 bits per heavy atom. The Bertz CT molecular complexity index is 376. The summed E-state index contributed by atoms with van der Waals surface area (Å²) in [5, 5.41) is 10.7. The van der Waals surface area contributed by atoms with Crippen LogP contribution in [0.3, 0.4) is 0 Å². The summed E-state index contributed by atoms with van der Waals surface area (Å²) in [5.41, 5.74) is 1.90. The van der Waals surface area contributed by atoms with Crippen molar-refractivity contribution in [3.63, 3.8) is 0 Å². The number of halogens is 1. The molecular formula is C12H15ClO2. The summed E-state index contributed by atoms with van der Waals surface area (Å²) >= 11 is 6.04. The van der Waals surface area contributed by atoms with Crippen molar-refractivity contribution in [2.75, 3.05) is 0 Å². The maximum Gasteiger partial charge on any atom is 0.144 e. The molecule has 15 heavy (non-hydrogen) atoms. The summed E-state index contributed by atoms with van der Waals surface area (Å²) in [7, 11) is 0. The van der Waals surface area contributed by atoms with Crippen molar-refractivity contribution in [1.82, 2.24) is 0 Å². The van der Waals surface area contributed by atoms with Crippen LogP contribution in [0.15, 0.2) is 12.1 Å². The topological polar surface area (TPSA) is 29.5 Å². The molecule has 1 aliphatic heterocycles. The molecule has 2 unspecified atom stereocenters. The van der Waals surface area contributed by atoms with E-state index in [0.29, 0.717) is 10.8 Å². The molecule has 2 rings (SSSR count).